The lowest BCUT2D eigenvalue weighted by Gasteiger charge is -2.31. The Morgan fingerprint density at radius 3 is 1.11 bits per heavy atom. The van der Waals surface area contributed by atoms with E-state index in [1.54, 1.807) is 0 Å². The minimum atomic E-state index is 0.481. The van der Waals surface area contributed by atoms with E-state index < -0.39 is 0 Å². The topological polar surface area (TPSA) is 0 Å². The minimum Gasteiger partial charge on any atom is -0.0654 e. The van der Waals surface area contributed by atoms with Crippen molar-refractivity contribution in [2.75, 3.05) is 0 Å². The van der Waals surface area contributed by atoms with E-state index >= 15 is 0 Å². The van der Waals surface area contributed by atoms with Gasteiger partial charge in [-0.1, -0.05) is 178 Å². The molecule has 44 heavy (non-hydrogen) atoms. The summed E-state index contributed by atoms with van der Waals surface area (Å²) in [5.74, 6) is 2.06. The van der Waals surface area contributed by atoms with Crippen LogP contribution in [0.5, 0.6) is 0 Å². The lowest BCUT2D eigenvalue weighted by Crippen LogP contribution is -2.14. The third kappa shape index (κ3) is 9.55. The molecule has 5 rings (SSSR count). The fraction of sp³-hybridized carbons (Fsp3) is 0.318. The van der Waals surface area contributed by atoms with Crippen molar-refractivity contribution < 1.29 is 0 Å². The predicted molar refractivity (Wildman–Crippen MR) is 189 cm³/mol. The fourth-order valence-corrected chi connectivity index (χ4v) is 7.14. The number of unbranched alkanes of at least 4 members (excludes halogenated alkanes) is 2. The van der Waals surface area contributed by atoms with Crippen LogP contribution >= 0.6 is 0 Å². The molecule has 0 radical (unpaired) electrons. The molecule has 5 aromatic carbocycles. The summed E-state index contributed by atoms with van der Waals surface area (Å²) in [6, 6.07) is 56.5. The highest BCUT2D eigenvalue weighted by molar-refractivity contribution is 5.28. The van der Waals surface area contributed by atoms with Gasteiger partial charge >= 0.3 is 0 Å². The maximum absolute atomic E-state index is 2.38. The number of hydrogen-bond donors (Lipinski definition) is 0. The molecule has 0 amide bonds. The number of rotatable bonds is 17. The van der Waals surface area contributed by atoms with Crippen LogP contribution in [-0.4, -0.2) is 0 Å². The van der Waals surface area contributed by atoms with Crippen LogP contribution in [0.2, 0.25) is 0 Å². The van der Waals surface area contributed by atoms with E-state index in [2.05, 4.69) is 159 Å². The Balaban J connectivity index is 1.45. The summed E-state index contributed by atoms with van der Waals surface area (Å²) in [6.07, 6.45) is 10.9. The van der Waals surface area contributed by atoms with Gasteiger partial charge in [-0.2, -0.15) is 0 Å². The first-order valence-corrected chi connectivity index (χ1v) is 17.0. The molecule has 0 nitrogen and oxygen atoms in total. The molecule has 0 bridgehead atoms. The van der Waals surface area contributed by atoms with Gasteiger partial charge < -0.3 is 0 Å². The maximum atomic E-state index is 2.38. The van der Waals surface area contributed by atoms with E-state index in [0.29, 0.717) is 23.7 Å². The second-order valence-corrected chi connectivity index (χ2v) is 12.7. The zero-order valence-corrected chi connectivity index (χ0v) is 26.6. The average molecular weight is 579 g/mol. The monoisotopic (exact) mass is 578 g/mol. The van der Waals surface area contributed by atoms with Crippen molar-refractivity contribution in [2.45, 2.75) is 88.4 Å². The predicted octanol–water partition coefficient (Wildman–Crippen LogP) is 12.5. The first-order valence-electron chi connectivity index (χ1n) is 17.0. The molecule has 4 atom stereocenters. The van der Waals surface area contributed by atoms with E-state index in [1.165, 1.54) is 66.3 Å². The summed E-state index contributed by atoms with van der Waals surface area (Å²) in [4.78, 5) is 0. The van der Waals surface area contributed by atoms with Crippen LogP contribution in [0.1, 0.15) is 110 Å². The summed E-state index contributed by atoms with van der Waals surface area (Å²) in [6.45, 7) is 2.32. The van der Waals surface area contributed by atoms with Crippen LogP contribution < -0.4 is 0 Å². The van der Waals surface area contributed by atoms with Crippen molar-refractivity contribution in [2.24, 2.45) is 0 Å². The Hall–Kier alpha value is -3.90. The quantitative estimate of drug-likeness (QED) is 0.0963. The zero-order valence-electron chi connectivity index (χ0n) is 26.6. The van der Waals surface area contributed by atoms with E-state index in [9.17, 15) is 0 Å². The molecule has 0 aromatic heterocycles. The van der Waals surface area contributed by atoms with Crippen molar-refractivity contribution in [1.29, 1.82) is 0 Å². The van der Waals surface area contributed by atoms with Gasteiger partial charge in [-0.3, -0.25) is 0 Å². The summed E-state index contributed by atoms with van der Waals surface area (Å²) in [7, 11) is 0. The van der Waals surface area contributed by atoms with Crippen LogP contribution in [0.4, 0.5) is 0 Å². The van der Waals surface area contributed by atoms with E-state index in [1.807, 2.05) is 0 Å². The van der Waals surface area contributed by atoms with Crippen molar-refractivity contribution in [3.8, 4) is 0 Å². The summed E-state index contributed by atoms with van der Waals surface area (Å²) >= 11 is 0. The molecule has 0 aliphatic rings. The van der Waals surface area contributed by atoms with E-state index in [-0.39, 0.29) is 0 Å². The first kappa shape index (κ1) is 31.5. The second-order valence-electron chi connectivity index (χ2n) is 12.7. The summed E-state index contributed by atoms with van der Waals surface area (Å²) in [5.41, 5.74) is 7.39. The van der Waals surface area contributed by atoms with Crippen molar-refractivity contribution >= 4 is 0 Å². The van der Waals surface area contributed by atoms with Crippen LogP contribution in [0.3, 0.4) is 0 Å². The summed E-state index contributed by atoms with van der Waals surface area (Å²) in [5, 5.41) is 0. The van der Waals surface area contributed by atoms with Gasteiger partial charge in [0.1, 0.15) is 0 Å². The molecule has 0 spiro atoms. The molecule has 0 N–H and O–H groups in total. The standard InChI is InChI=1S/C44H50/c1-2-3-9-30-41(37-22-12-5-13-23-37)33-43(39-26-16-7-17-27-39)35-44(40-28-18-8-19-29-40)34-42(38-24-14-6-15-25-38)32-31-36-20-10-4-11-21-36/h4-8,10-29,41-44H,2-3,9,30-35H2,1H3/t41-,42+,43-,44+/m0/s1. The van der Waals surface area contributed by atoms with Crippen LogP contribution in [0.25, 0.3) is 0 Å². The van der Waals surface area contributed by atoms with Crippen LogP contribution in [-0.2, 0) is 6.42 Å². The summed E-state index contributed by atoms with van der Waals surface area (Å²) < 4.78 is 0. The van der Waals surface area contributed by atoms with Gasteiger partial charge in [0.25, 0.3) is 0 Å². The Morgan fingerprint density at radius 1 is 0.364 bits per heavy atom. The van der Waals surface area contributed by atoms with Gasteiger partial charge in [-0.05, 0) is 90.0 Å². The highest BCUT2D eigenvalue weighted by Crippen LogP contribution is 2.43. The third-order valence-corrected chi connectivity index (χ3v) is 9.57. The smallest absolute Gasteiger partial charge is 0.0150 e. The highest BCUT2D eigenvalue weighted by atomic mass is 14.3. The molecule has 226 valence electrons. The molecule has 0 heteroatoms. The van der Waals surface area contributed by atoms with E-state index in [4.69, 9.17) is 0 Å². The Kier molecular flexibility index (Phi) is 12.5. The van der Waals surface area contributed by atoms with Crippen LogP contribution in [0, 0.1) is 0 Å². The molecule has 5 aromatic rings. The molecule has 0 saturated heterocycles. The van der Waals surface area contributed by atoms with Crippen molar-refractivity contribution in [3.63, 3.8) is 0 Å². The maximum Gasteiger partial charge on any atom is -0.0150 e. The molecule has 0 aliphatic heterocycles. The van der Waals surface area contributed by atoms with Gasteiger partial charge in [0.15, 0.2) is 0 Å². The van der Waals surface area contributed by atoms with Crippen LogP contribution in [0.15, 0.2) is 152 Å². The number of hydrogen-bond acceptors (Lipinski definition) is 0. The fourth-order valence-electron chi connectivity index (χ4n) is 7.14. The largest absolute Gasteiger partial charge is 0.0654 e. The number of benzene rings is 5. The molecule has 0 aliphatic carbocycles. The molecular weight excluding hydrogens is 528 g/mol. The van der Waals surface area contributed by atoms with Gasteiger partial charge in [-0.15, -0.1) is 0 Å². The normalized spacial score (nSPS) is 14.0. The van der Waals surface area contributed by atoms with E-state index in [0.717, 1.165) is 19.3 Å². The molecule has 0 fully saturated rings. The van der Waals surface area contributed by atoms with Crippen molar-refractivity contribution in [3.05, 3.63) is 179 Å². The number of aryl methyl sites for hydroxylation is 1. The van der Waals surface area contributed by atoms with Crippen molar-refractivity contribution in [1.82, 2.24) is 0 Å². The van der Waals surface area contributed by atoms with Gasteiger partial charge in [-0.25, -0.2) is 0 Å². The molecule has 0 heterocycles. The molecule has 0 unspecified atom stereocenters. The third-order valence-electron chi connectivity index (χ3n) is 9.57. The lowest BCUT2D eigenvalue weighted by molar-refractivity contribution is 0.406. The lowest BCUT2D eigenvalue weighted by atomic mass is 9.74. The zero-order chi connectivity index (χ0) is 30.2. The average Bonchev–Trinajstić information content (AvgIpc) is 3.10. The minimum absolute atomic E-state index is 0.481. The SMILES string of the molecule is CCCCC[C@@H](C[C@@H](C[C@@H](C[C@@H](CCc1ccccc1)c1ccccc1)c1ccccc1)c1ccccc1)c1ccccc1. The highest BCUT2D eigenvalue weighted by Gasteiger charge is 2.26. The van der Waals surface area contributed by atoms with Gasteiger partial charge in [0, 0.05) is 0 Å². The Morgan fingerprint density at radius 2 is 0.705 bits per heavy atom. The Bertz CT molecular complexity index is 1430. The molecular formula is C44H50. The van der Waals surface area contributed by atoms with Gasteiger partial charge in [0.05, 0.1) is 0 Å². The van der Waals surface area contributed by atoms with Gasteiger partial charge in [0.2, 0.25) is 0 Å². The molecule has 0 saturated carbocycles. The first-order chi connectivity index (χ1) is 21.8. The second kappa shape index (κ2) is 17.4. The Labute approximate surface area is 267 Å².